The van der Waals surface area contributed by atoms with Gasteiger partial charge in [-0.25, -0.2) is 4.39 Å². The number of hydrogen-bond donors (Lipinski definition) is 3. The molecule has 0 bridgehead atoms. The number of phenolic OH excluding ortho intramolecular Hbond substituents is 1. The summed E-state index contributed by atoms with van der Waals surface area (Å²) in [6.07, 6.45) is -3.93. The van der Waals surface area contributed by atoms with Gasteiger partial charge in [-0.1, -0.05) is 13.0 Å². The molecule has 4 N–H and O–H groups in total. The van der Waals surface area contributed by atoms with Gasteiger partial charge in [-0.2, -0.15) is 17.6 Å². The summed E-state index contributed by atoms with van der Waals surface area (Å²) in [6, 6.07) is 0.0150. The fourth-order valence-electron chi connectivity index (χ4n) is 3.90. The molecule has 8 nitrogen and oxygen atoms in total. The molecule has 0 aromatic heterocycles. The summed E-state index contributed by atoms with van der Waals surface area (Å²) in [5.41, 5.74) is 1.64. The minimum atomic E-state index is -4.96. The second-order valence-electron chi connectivity index (χ2n) is 7.89. The smallest absolute Gasteiger partial charge is 0.417 e. The molecule has 13 heteroatoms. The topological polar surface area (TPSA) is 122 Å². The molecule has 178 valence electrons. The van der Waals surface area contributed by atoms with Gasteiger partial charge in [0.25, 0.3) is 11.8 Å². The van der Waals surface area contributed by atoms with E-state index < -0.39 is 70.5 Å². The molecule has 5 atom stereocenters. The molecule has 2 aliphatic rings. The molecular formula is C20H19F5N3O5+. The number of allylic oxidation sites excluding steroid dienone is 1. The second kappa shape index (κ2) is 8.21. The molecule has 1 aromatic rings. The van der Waals surface area contributed by atoms with Crippen LogP contribution in [0.15, 0.2) is 36.2 Å². The quantitative estimate of drug-likeness (QED) is 0.455. The summed E-state index contributed by atoms with van der Waals surface area (Å²) in [5, 5.41) is 12.3. The van der Waals surface area contributed by atoms with Gasteiger partial charge in [-0.3, -0.25) is 9.59 Å². The minimum absolute atomic E-state index is 0.124. The number of carbonyl (C=O) groups is 2. The Balaban J connectivity index is 2.02. The largest absolute Gasteiger partial charge is 0.505 e. The Morgan fingerprint density at radius 2 is 1.91 bits per heavy atom. The molecule has 0 aliphatic carbocycles. The fourth-order valence-corrected chi connectivity index (χ4v) is 3.90. The van der Waals surface area contributed by atoms with Gasteiger partial charge in [0.1, 0.15) is 6.10 Å². The molecule has 1 aromatic carbocycles. The van der Waals surface area contributed by atoms with Gasteiger partial charge in [0.2, 0.25) is 12.0 Å². The lowest BCUT2D eigenvalue weighted by Crippen LogP contribution is -2.47. The first-order valence-corrected chi connectivity index (χ1v) is 9.56. The highest BCUT2D eigenvalue weighted by molar-refractivity contribution is 5.86. The van der Waals surface area contributed by atoms with Crippen LogP contribution in [0, 0.1) is 22.5 Å². The summed E-state index contributed by atoms with van der Waals surface area (Å²) >= 11 is 0. The van der Waals surface area contributed by atoms with E-state index in [9.17, 15) is 41.6 Å². The lowest BCUT2D eigenvalue weighted by atomic mass is 9.77. The zero-order chi connectivity index (χ0) is 24.9. The highest BCUT2D eigenvalue weighted by Gasteiger charge is 2.65. The molecule has 0 radical (unpaired) electrons. The van der Waals surface area contributed by atoms with E-state index in [-0.39, 0.29) is 10.5 Å². The number of nitrogens with zero attached hydrogens (tertiary/aromatic N) is 1. The monoisotopic (exact) mass is 476 g/mol. The van der Waals surface area contributed by atoms with Gasteiger partial charge < -0.3 is 20.9 Å². The third-order valence-corrected chi connectivity index (χ3v) is 5.96. The number of ether oxygens (including phenoxy) is 1. The molecule has 3 rings (SSSR count). The van der Waals surface area contributed by atoms with Crippen LogP contribution in [-0.4, -0.2) is 45.6 Å². The number of alkyl halides is 3. The average molecular weight is 476 g/mol. The van der Waals surface area contributed by atoms with E-state index in [4.69, 9.17) is 10.5 Å². The number of benzene rings is 1. The van der Waals surface area contributed by atoms with Crippen LogP contribution in [0.3, 0.4) is 0 Å². The number of nitrogens with two attached hydrogens (primary N) is 1. The molecule has 2 aliphatic heterocycles. The number of nitrogens with one attached hydrogen (secondary N) is 1. The lowest BCUT2D eigenvalue weighted by Gasteiger charge is -2.31. The van der Waals surface area contributed by atoms with E-state index >= 15 is 0 Å². The summed E-state index contributed by atoms with van der Waals surface area (Å²) in [7, 11) is 0. The summed E-state index contributed by atoms with van der Waals surface area (Å²) in [5.74, 6) is -9.59. The molecule has 1 unspecified atom stereocenters. The number of aromatic hydroxyl groups is 1. The van der Waals surface area contributed by atoms with Crippen LogP contribution < -0.4 is 11.1 Å². The Morgan fingerprint density at radius 3 is 2.48 bits per heavy atom. The Labute approximate surface area is 183 Å². The number of hydrogen-bond acceptors (Lipinski definition) is 5. The van der Waals surface area contributed by atoms with Crippen molar-refractivity contribution < 1.29 is 46.1 Å². The third kappa shape index (κ3) is 4.08. The SMILES string of the molecule is C[C@H]1[C@@H](c2ccc(F)c(F)c2O)[C@H](C(=O)NC2=CC(C(N)=O)[N+](=O)C=C2)O[C@]1(C)C(F)(F)F. The van der Waals surface area contributed by atoms with Gasteiger partial charge in [-0.05, 0) is 13.0 Å². The first kappa shape index (κ1) is 24.3. The van der Waals surface area contributed by atoms with Crippen LogP contribution in [0.25, 0.3) is 0 Å². The zero-order valence-electron chi connectivity index (χ0n) is 17.2. The first-order valence-electron chi connectivity index (χ1n) is 9.56. The molecule has 2 heterocycles. The summed E-state index contributed by atoms with van der Waals surface area (Å²) in [6.45, 7) is 1.80. The van der Waals surface area contributed by atoms with Crippen molar-refractivity contribution in [1.29, 1.82) is 0 Å². The van der Waals surface area contributed by atoms with E-state index in [1.807, 2.05) is 0 Å². The van der Waals surface area contributed by atoms with Crippen molar-refractivity contribution in [2.24, 2.45) is 11.7 Å². The van der Waals surface area contributed by atoms with Gasteiger partial charge in [0.15, 0.2) is 17.2 Å². The van der Waals surface area contributed by atoms with Crippen molar-refractivity contribution in [3.05, 3.63) is 58.3 Å². The number of carbonyl (C=O) groups excluding carboxylic acids is 2. The predicted molar refractivity (Wildman–Crippen MR) is 101 cm³/mol. The van der Waals surface area contributed by atoms with Crippen LogP contribution in [-0.2, 0) is 14.3 Å². The molecule has 0 saturated carbocycles. The summed E-state index contributed by atoms with van der Waals surface area (Å²) < 4.78 is 74.3. The summed E-state index contributed by atoms with van der Waals surface area (Å²) in [4.78, 5) is 35.9. The van der Waals surface area contributed by atoms with E-state index in [1.165, 1.54) is 0 Å². The van der Waals surface area contributed by atoms with Gasteiger partial charge in [0.05, 0.1) is 5.70 Å². The number of nitroso groups, excluding NO2 is 1. The number of primary amides is 1. The van der Waals surface area contributed by atoms with Crippen molar-refractivity contribution >= 4 is 11.8 Å². The zero-order valence-corrected chi connectivity index (χ0v) is 17.2. The molecule has 33 heavy (non-hydrogen) atoms. The highest BCUT2D eigenvalue weighted by Crippen LogP contribution is 2.54. The van der Waals surface area contributed by atoms with Crippen LogP contribution in [0.1, 0.15) is 25.3 Å². The molecule has 1 saturated heterocycles. The van der Waals surface area contributed by atoms with E-state index in [2.05, 4.69) is 5.32 Å². The lowest BCUT2D eigenvalue weighted by molar-refractivity contribution is -0.495. The Bertz CT molecular complexity index is 1090. The number of amides is 2. The van der Waals surface area contributed by atoms with Crippen LogP contribution >= 0.6 is 0 Å². The first-order chi connectivity index (χ1) is 15.2. The van der Waals surface area contributed by atoms with Crippen molar-refractivity contribution in [1.82, 2.24) is 5.32 Å². The van der Waals surface area contributed by atoms with E-state index in [0.717, 1.165) is 31.3 Å². The van der Waals surface area contributed by atoms with Crippen molar-refractivity contribution in [3.8, 4) is 5.75 Å². The van der Waals surface area contributed by atoms with Crippen LogP contribution in [0.2, 0.25) is 0 Å². The number of phenols is 1. The maximum atomic E-state index is 14.0. The third-order valence-electron chi connectivity index (χ3n) is 5.96. The van der Waals surface area contributed by atoms with Gasteiger partial charge >= 0.3 is 12.2 Å². The standard InChI is InChI=1S/C20H18F5N3O5/c1-8-13(10-3-4-11(21)14(22)15(10)29)16(33-19(8,2)20(23,24)25)18(31)27-9-5-6-28(32)12(7-9)17(26)30/h3-8,12-13,16H,1-2H3,(H3-,26,27,29,30,31)/p+1/t8-,12?,13-,16+,19-/m0/s1. The second-order valence-corrected chi connectivity index (χ2v) is 7.89. The molecular weight excluding hydrogens is 457 g/mol. The van der Waals surface area contributed by atoms with Crippen LogP contribution in [0.4, 0.5) is 22.0 Å². The van der Waals surface area contributed by atoms with Gasteiger partial charge in [0, 0.05) is 39.2 Å². The number of halogens is 5. The normalized spacial score (nSPS) is 29.7. The maximum absolute atomic E-state index is 14.0. The average Bonchev–Trinajstić information content (AvgIpc) is 3.00. The molecule has 2 amide bonds. The highest BCUT2D eigenvalue weighted by atomic mass is 19.4. The Kier molecular flexibility index (Phi) is 6.04. The molecule has 0 spiro atoms. The van der Waals surface area contributed by atoms with E-state index in [0.29, 0.717) is 13.0 Å². The van der Waals surface area contributed by atoms with E-state index in [1.54, 1.807) is 0 Å². The van der Waals surface area contributed by atoms with Crippen LogP contribution in [0.5, 0.6) is 5.75 Å². The Morgan fingerprint density at radius 1 is 1.27 bits per heavy atom. The Hall–Kier alpha value is -3.35. The maximum Gasteiger partial charge on any atom is 0.417 e. The van der Waals surface area contributed by atoms with Crippen molar-refractivity contribution in [3.63, 3.8) is 0 Å². The van der Waals surface area contributed by atoms with Crippen molar-refractivity contribution in [2.75, 3.05) is 0 Å². The number of rotatable bonds is 4. The van der Waals surface area contributed by atoms with Crippen molar-refractivity contribution in [2.45, 2.75) is 43.7 Å². The fraction of sp³-hybridized carbons (Fsp3) is 0.400. The minimum Gasteiger partial charge on any atom is -0.505 e. The predicted octanol–water partition coefficient (Wildman–Crippen LogP) is 2.27. The van der Waals surface area contributed by atoms with Gasteiger partial charge in [-0.15, -0.1) is 0 Å². The molecule has 1 fully saturated rings.